The minimum Gasteiger partial charge on any atom is -0.385 e. The summed E-state index contributed by atoms with van der Waals surface area (Å²) >= 11 is 0. The number of hydrogen-bond donors (Lipinski definition) is 1. The number of rotatable bonds is 7. The highest BCUT2D eigenvalue weighted by Gasteiger charge is 2.27. The Kier molecular flexibility index (Phi) is 6.80. The lowest BCUT2D eigenvalue weighted by atomic mass is 9.88. The van der Waals surface area contributed by atoms with E-state index in [1.807, 2.05) is 0 Å². The van der Waals surface area contributed by atoms with Gasteiger partial charge in [-0.2, -0.15) is 0 Å². The summed E-state index contributed by atoms with van der Waals surface area (Å²) in [5.74, 6) is 0.884. The summed E-state index contributed by atoms with van der Waals surface area (Å²) in [4.78, 5) is 18.5. The van der Waals surface area contributed by atoms with E-state index < -0.39 is 0 Å². The Hall–Kier alpha value is -1.91. The van der Waals surface area contributed by atoms with Gasteiger partial charge in [-0.25, -0.2) is 0 Å². The monoisotopic (exact) mass is 434 g/mol. The first-order chi connectivity index (χ1) is 15.7. The zero-order valence-electron chi connectivity index (χ0n) is 19.7. The molecular formula is C28H38N2O2. The Morgan fingerprint density at radius 2 is 1.91 bits per heavy atom. The molecule has 0 bridgehead atoms. The van der Waals surface area contributed by atoms with Crippen LogP contribution >= 0.6 is 0 Å². The third kappa shape index (κ3) is 4.58. The largest absolute Gasteiger partial charge is 0.385 e. The molecule has 0 radical (unpaired) electrons. The van der Waals surface area contributed by atoms with Gasteiger partial charge in [-0.15, -0.1) is 0 Å². The normalized spacial score (nSPS) is 20.5. The van der Waals surface area contributed by atoms with E-state index in [4.69, 9.17) is 4.74 Å². The maximum atomic E-state index is 12.7. The maximum absolute atomic E-state index is 12.7. The van der Waals surface area contributed by atoms with Crippen molar-refractivity contribution in [3.63, 3.8) is 0 Å². The van der Waals surface area contributed by atoms with Crippen molar-refractivity contribution >= 4 is 0 Å². The predicted octanol–water partition coefficient (Wildman–Crippen LogP) is 5.24. The molecule has 0 saturated carbocycles. The standard InChI is InChI=1S/C28H38N2O2/c1-32-16-5-4-7-20-8-6-14-30(15-13-20)19-21-11-12-23-22(17-21)18-26-24-9-2-3-10-25(24)28(31)29-27(23)26/h11-12,17,20H,2-10,13-16,18-19H2,1H3,(H,29,31). The molecule has 1 saturated heterocycles. The van der Waals surface area contributed by atoms with Crippen molar-refractivity contribution < 1.29 is 4.74 Å². The van der Waals surface area contributed by atoms with Crippen LogP contribution in [-0.4, -0.2) is 36.7 Å². The van der Waals surface area contributed by atoms with Crippen LogP contribution in [0.5, 0.6) is 0 Å². The Morgan fingerprint density at radius 3 is 2.78 bits per heavy atom. The van der Waals surface area contributed by atoms with E-state index in [0.717, 1.165) is 56.0 Å². The number of nitrogens with zero attached hydrogens (tertiary/aromatic N) is 1. The van der Waals surface area contributed by atoms with Gasteiger partial charge < -0.3 is 9.72 Å². The van der Waals surface area contributed by atoms with Crippen LogP contribution in [-0.2, 0) is 30.5 Å². The molecule has 172 valence electrons. The average molecular weight is 435 g/mol. The molecule has 2 aliphatic carbocycles. The quantitative estimate of drug-likeness (QED) is 0.517. The van der Waals surface area contributed by atoms with E-state index in [2.05, 4.69) is 28.1 Å². The van der Waals surface area contributed by atoms with Crippen LogP contribution in [0.2, 0.25) is 0 Å². The molecule has 1 aliphatic heterocycles. The average Bonchev–Trinajstić information content (AvgIpc) is 3.02. The van der Waals surface area contributed by atoms with E-state index in [9.17, 15) is 4.79 Å². The predicted molar refractivity (Wildman–Crippen MR) is 130 cm³/mol. The summed E-state index contributed by atoms with van der Waals surface area (Å²) in [6.45, 7) is 4.38. The summed E-state index contributed by atoms with van der Waals surface area (Å²) in [6, 6.07) is 6.97. The van der Waals surface area contributed by atoms with Gasteiger partial charge in [0.05, 0.1) is 5.69 Å². The molecule has 4 nitrogen and oxygen atoms in total. The number of likely N-dealkylation sites (tertiary alicyclic amines) is 1. The minimum atomic E-state index is 0.150. The Labute approximate surface area is 192 Å². The van der Waals surface area contributed by atoms with Crippen molar-refractivity contribution in [1.29, 1.82) is 0 Å². The van der Waals surface area contributed by atoms with E-state index in [-0.39, 0.29) is 5.56 Å². The van der Waals surface area contributed by atoms with E-state index in [1.165, 1.54) is 85.9 Å². The molecule has 1 unspecified atom stereocenters. The number of unbranched alkanes of at least 4 members (excludes halogenated alkanes) is 1. The van der Waals surface area contributed by atoms with Gasteiger partial charge in [0.15, 0.2) is 0 Å². The summed E-state index contributed by atoms with van der Waals surface area (Å²) in [5.41, 5.74) is 9.14. The molecule has 5 rings (SSSR count). The van der Waals surface area contributed by atoms with Crippen LogP contribution in [0.25, 0.3) is 11.3 Å². The van der Waals surface area contributed by atoms with Crippen molar-refractivity contribution in [1.82, 2.24) is 9.88 Å². The van der Waals surface area contributed by atoms with E-state index in [0.29, 0.717) is 0 Å². The second kappa shape index (κ2) is 9.93. The van der Waals surface area contributed by atoms with Crippen LogP contribution in [0.1, 0.15) is 79.2 Å². The molecule has 3 aliphatic rings. The molecule has 2 aromatic rings. The molecule has 1 fully saturated rings. The molecule has 1 aromatic carbocycles. The maximum Gasteiger partial charge on any atom is 0.251 e. The molecule has 2 heterocycles. The topological polar surface area (TPSA) is 45.3 Å². The lowest BCUT2D eigenvalue weighted by Gasteiger charge is -2.21. The van der Waals surface area contributed by atoms with Gasteiger partial charge in [-0.3, -0.25) is 9.69 Å². The first-order valence-electron chi connectivity index (χ1n) is 12.8. The summed E-state index contributed by atoms with van der Waals surface area (Å²) in [5, 5.41) is 0. The van der Waals surface area contributed by atoms with Gasteiger partial charge in [-0.05, 0) is 92.6 Å². The zero-order chi connectivity index (χ0) is 21.9. The van der Waals surface area contributed by atoms with Crippen molar-refractivity contribution in [3.05, 3.63) is 56.4 Å². The van der Waals surface area contributed by atoms with Gasteiger partial charge in [0.1, 0.15) is 0 Å². The lowest BCUT2D eigenvalue weighted by molar-refractivity contribution is 0.189. The van der Waals surface area contributed by atoms with Crippen LogP contribution in [0.3, 0.4) is 0 Å². The molecule has 32 heavy (non-hydrogen) atoms. The SMILES string of the molecule is COCCCCC1CCCN(Cc2ccc3c(c2)Cc2c-3[nH]c(=O)c3c2CCCC3)CC1. The molecule has 0 spiro atoms. The third-order valence-corrected chi connectivity index (χ3v) is 8.01. The fourth-order valence-electron chi connectivity index (χ4n) is 6.26. The fraction of sp³-hybridized carbons (Fsp3) is 0.607. The molecule has 0 amide bonds. The number of hydrogen-bond acceptors (Lipinski definition) is 3. The number of methoxy groups -OCH3 is 1. The zero-order valence-corrected chi connectivity index (χ0v) is 19.7. The van der Waals surface area contributed by atoms with Crippen molar-refractivity contribution in [3.8, 4) is 11.3 Å². The second-order valence-electron chi connectivity index (χ2n) is 10.2. The number of pyridine rings is 1. The highest BCUT2D eigenvalue weighted by atomic mass is 16.5. The van der Waals surface area contributed by atoms with Crippen LogP contribution < -0.4 is 5.56 Å². The minimum absolute atomic E-state index is 0.150. The number of fused-ring (bicyclic) bond motifs is 5. The van der Waals surface area contributed by atoms with Gasteiger partial charge in [0.25, 0.3) is 5.56 Å². The summed E-state index contributed by atoms with van der Waals surface area (Å²) in [6.07, 6.45) is 13.3. The number of aromatic nitrogens is 1. The Morgan fingerprint density at radius 1 is 1.03 bits per heavy atom. The number of aromatic amines is 1. The molecule has 1 atom stereocenters. The first-order valence-corrected chi connectivity index (χ1v) is 12.8. The lowest BCUT2D eigenvalue weighted by Crippen LogP contribution is -2.24. The number of ether oxygens (including phenoxy) is 1. The first kappa shape index (κ1) is 21.9. The van der Waals surface area contributed by atoms with Crippen LogP contribution in [0.15, 0.2) is 23.0 Å². The molecule has 1 aromatic heterocycles. The van der Waals surface area contributed by atoms with Crippen LogP contribution in [0, 0.1) is 5.92 Å². The van der Waals surface area contributed by atoms with Crippen molar-refractivity contribution in [2.24, 2.45) is 5.92 Å². The second-order valence-corrected chi connectivity index (χ2v) is 10.2. The van der Waals surface area contributed by atoms with Crippen molar-refractivity contribution in [2.45, 2.75) is 77.2 Å². The van der Waals surface area contributed by atoms with Crippen molar-refractivity contribution in [2.75, 3.05) is 26.8 Å². The third-order valence-electron chi connectivity index (χ3n) is 8.01. The highest BCUT2D eigenvalue weighted by molar-refractivity contribution is 5.75. The number of H-pyrrole nitrogens is 1. The van der Waals surface area contributed by atoms with E-state index in [1.54, 1.807) is 7.11 Å². The van der Waals surface area contributed by atoms with Gasteiger partial charge in [0, 0.05) is 37.8 Å². The smallest absolute Gasteiger partial charge is 0.251 e. The fourth-order valence-corrected chi connectivity index (χ4v) is 6.26. The molecule has 4 heteroatoms. The Balaban J connectivity index is 1.24. The summed E-state index contributed by atoms with van der Waals surface area (Å²) in [7, 11) is 1.80. The van der Waals surface area contributed by atoms with Gasteiger partial charge in [0.2, 0.25) is 0 Å². The van der Waals surface area contributed by atoms with Gasteiger partial charge >= 0.3 is 0 Å². The molecular weight excluding hydrogens is 396 g/mol. The van der Waals surface area contributed by atoms with E-state index >= 15 is 0 Å². The summed E-state index contributed by atoms with van der Waals surface area (Å²) < 4.78 is 5.20. The van der Waals surface area contributed by atoms with Crippen LogP contribution in [0.4, 0.5) is 0 Å². The Bertz CT molecular complexity index is 1010. The van der Waals surface area contributed by atoms with Gasteiger partial charge in [-0.1, -0.05) is 31.0 Å². The number of benzene rings is 1. The molecule has 1 N–H and O–H groups in total. The highest BCUT2D eigenvalue weighted by Crippen LogP contribution is 2.39. The number of nitrogens with one attached hydrogen (secondary N) is 1.